The maximum absolute atomic E-state index is 16.4. The number of imidazole rings is 1. The third-order valence-corrected chi connectivity index (χ3v) is 8.21. The number of benzene rings is 5. The summed E-state index contributed by atoms with van der Waals surface area (Å²) in [5.74, 6) is -0.133. The van der Waals surface area contributed by atoms with Crippen molar-refractivity contribution in [3.05, 3.63) is 184 Å². The number of aliphatic hydroxyl groups is 1. The van der Waals surface area contributed by atoms with E-state index in [4.69, 9.17) is 4.98 Å². The quantitative estimate of drug-likeness (QED) is 0.173. The smallest absolute Gasteiger partial charge is 0.145 e. The third kappa shape index (κ3) is 4.89. The molecule has 0 radical (unpaired) electrons. The lowest BCUT2D eigenvalue weighted by Crippen LogP contribution is -2.39. The fourth-order valence-electron chi connectivity index (χ4n) is 5.86. The minimum absolute atomic E-state index is 0.190. The Morgan fingerprint density at radius 3 is 1.71 bits per heavy atom. The Bertz CT molecular complexity index is 1690. The molecule has 0 aliphatic heterocycles. The van der Waals surface area contributed by atoms with E-state index in [2.05, 4.69) is 52.3 Å². The predicted molar refractivity (Wildman–Crippen MR) is 170 cm³/mol. The molecule has 0 aliphatic carbocycles. The van der Waals surface area contributed by atoms with Gasteiger partial charge in [0.05, 0.1) is 0 Å². The number of hydrogen-bond donors (Lipinski definition) is 1. The Morgan fingerprint density at radius 2 is 1.24 bits per heavy atom. The van der Waals surface area contributed by atoms with E-state index < -0.39 is 17.5 Å². The molecule has 6 aromatic rings. The first-order valence-electron chi connectivity index (χ1n) is 14.0. The Balaban J connectivity index is 1.65. The maximum atomic E-state index is 16.4. The largest absolute Gasteiger partial charge is 0.380 e. The predicted octanol–water partition coefficient (Wildman–Crippen LogP) is 8.94. The second-order valence-corrected chi connectivity index (χ2v) is 11.1. The molecule has 0 aliphatic rings. The lowest BCUT2D eigenvalue weighted by molar-refractivity contribution is 0.195. The second kappa shape index (κ2) is 11.9. The fourth-order valence-corrected chi connectivity index (χ4v) is 6.25. The normalized spacial score (nSPS) is 12.3. The second-order valence-electron chi connectivity index (χ2n) is 10.3. The highest BCUT2D eigenvalue weighted by Crippen LogP contribution is 2.44. The first kappa shape index (κ1) is 27.8. The summed E-state index contributed by atoms with van der Waals surface area (Å²) in [6.45, 7) is 2.03. The van der Waals surface area contributed by atoms with Crippen LogP contribution in [0.2, 0.25) is 0 Å². The van der Waals surface area contributed by atoms with E-state index in [1.165, 1.54) is 0 Å². The van der Waals surface area contributed by atoms with Crippen molar-refractivity contribution in [1.29, 1.82) is 0 Å². The van der Waals surface area contributed by atoms with Crippen molar-refractivity contribution in [1.82, 2.24) is 9.55 Å². The summed E-state index contributed by atoms with van der Waals surface area (Å²) >= 11 is 3.60. The van der Waals surface area contributed by atoms with Crippen LogP contribution in [0.1, 0.15) is 46.7 Å². The molecule has 42 heavy (non-hydrogen) atoms. The van der Waals surface area contributed by atoms with Crippen molar-refractivity contribution in [2.75, 3.05) is 0 Å². The molecule has 1 N–H and O–H groups in total. The van der Waals surface area contributed by atoms with E-state index in [1.807, 2.05) is 109 Å². The highest BCUT2D eigenvalue weighted by Gasteiger charge is 2.41. The van der Waals surface area contributed by atoms with Gasteiger partial charge in [-0.3, -0.25) is 0 Å². The highest BCUT2D eigenvalue weighted by atomic mass is 79.9. The van der Waals surface area contributed by atoms with Gasteiger partial charge < -0.3 is 9.67 Å². The average molecular weight is 618 g/mol. The molecule has 5 aromatic carbocycles. The molecule has 6 rings (SSSR count). The summed E-state index contributed by atoms with van der Waals surface area (Å²) in [4.78, 5) is 4.79. The topological polar surface area (TPSA) is 38.1 Å². The van der Waals surface area contributed by atoms with Gasteiger partial charge in [-0.1, -0.05) is 128 Å². The average Bonchev–Trinajstić information content (AvgIpc) is 3.44. The maximum Gasteiger partial charge on any atom is 0.145 e. The molecule has 1 heterocycles. The van der Waals surface area contributed by atoms with Crippen LogP contribution in [-0.4, -0.2) is 14.7 Å². The zero-order valence-corrected chi connectivity index (χ0v) is 24.7. The van der Waals surface area contributed by atoms with Crippen LogP contribution in [0.25, 0.3) is 11.1 Å². The third-order valence-electron chi connectivity index (χ3n) is 7.83. The summed E-state index contributed by atoms with van der Waals surface area (Å²) in [6.07, 6.45) is 1.23. The number of aromatic nitrogens is 2. The van der Waals surface area contributed by atoms with E-state index in [0.717, 1.165) is 27.8 Å². The molecule has 0 fully saturated rings. The van der Waals surface area contributed by atoms with Gasteiger partial charge in [-0.15, -0.1) is 0 Å². The van der Waals surface area contributed by atoms with Crippen LogP contribution in [-0.2, 0) is 12.0 Å². The zero-order valence-electron chi connectivity index (χ0n) is 23.2. The van der Waals surface area contributed by atoms with Crippen molar-refractivity contribution in [2.45, 2.75) is 25.0 Å². The molecule has 0 saturated carbocycles. The fraction of sp³-hybridized carbons (Fsp3) is 0.108. The summed E-state index contributed by atoms with van der Waals surface area (Å²) in [7, 11) is 0. The van der Waals surface area contributed by atoms with Crippen molar-refractivity contribution >= 4 is 15.9 Å². The van der Waals surface area contributed by atoms with Crippen LogP contribution in [0.4, 0.5) is 4.39 Å². The van der Waals surface area contributed by atoms with Gasteiger partial charge in [0.2, 0.25) is 0 Å². The molecule has 0 amide bonds. The van der Waals surface area contributed by atoms with Gasteiger partial charge in [0.15, 0.2) is 0 Å². The van der Waals surface area contributed by atoms with Crippen LogP contribution in [0.5, 0.6) is 0 Å². The molecule has 3 nitrogen and oxygen atoms in total. The van der Waals surface area contributed by atoms with Gasteiger partial charge in [0, 0.05) is 17.3 Å². The van der Waals surface area contributed by atoms with Gasteiger partial charge >= 0.3 is 0 Å². The van der Waals surface area contributed by atoms with Crippen molar-refractivity contribution in [3.63, 3.8) is 0 Å². The van der Waals surface area contributed by atoms with Crippen LogP contribution in [0.15, 0.2) is 144 Å². The highest BCUT2D eigenvalue weighted by molar-refractivity contribution is 9.10. The summed E-state index contributed by atoms with van der Waals surface area (Å²) in [5.41, 5.74) is 4.37. The number of aryl methyl sites for hydroxylation is 1. The molecular formula is C37H30BrFN2O. The molecule has 0 bridgehead atoms. The Morgan fingerprint density at radius 1 is 0.762 bits per heavy atom. The standard InChI is InChI=1S/C37H30BrFN2O/c1-2-26-23-31(27-15-7-3-8-16-27)34(39)32(24-26)35(42)36-40-33(38)25-41(36)37(28-17-9-4-10-18-28,29-19-11-5-12-20-29)30-21-13-6-14-22-30/h3-25,35,42H,2H2,1H3. The molecule has 0 saturated heterocycles. The lowest BCUT2D eigenvalue weighted by Gasteiger charge is -2.39. The molecule has 1 aromatic heterocycles. The molecule has 0 spiro atoms. The minimum Gasteiger partial charge on any atom is -0.380 e. The van der Waals surface area contributed by atoms with Crippen LogP contribution >= 0.6 is 15.9 Å². The first-order chi connectivity index (χ1) is 20.5. The monoisotopic (exact) mass is 616 g/mol. The number of halogens is 2. The number of aliphatic hydroxyl groups excluding tert-OH is 1. The van der Waals surface area contributed by atoms with E-state index >= 15 is 4.39 Å². The molecule has 5 heteroatoms. The number of hydrogen-bond acceptors (Lipinski definition) is 2. The lowest BCUT2D eigenvalue weighted by atomic mass is 9.76. The molecule has 1 unspecified atom stereocenters. The number of rotatable bonds is 8. The van der Waals surface area contributed by atoms with Crippen LogP contribution in [0.3, 0.4) is 0 Å². The van der Waals surface area contributed by atoms with Gasteiger partial charge in [0.25, 0.3) is 0 Å². The van der Waals surface area contributed by atoms with E-state index in [0.29, 0.717) is 22.4 Å². The van der Waals surface area contributed by atoms with Gasteiger partial charge in [-0.05, 0) is 62.3 Å². The number of nitrogens with zero attached hydrogens (tertiary/aromatic N) is 2. The van der Waals surface area contributed by atoms with Gasteiger partial charge in [-0.25, -0.2) is 9.37 Å². The first-order valence-corrected chi connectivity index (χ1v) is 14.8. The van der Waals surface area contributed by atoms with E-state index in [9.17, 15) is 5.11 Å². The SMILES string of the molecule is CCc1cc(-c2ccccc2)c(F)c(C(O)c2nc(Br)cn2C(c2ccccc2)(c2ccccc2)c2ccccc2)c1. The van der Waals surface area contributed by atoms with Crippen LogP contribution < -0.4 is 0 Å². The molecular weight excluding hydrogens is 587 g/mol. The van der Waals surface area contributed by atoms with E-state index in [1.54, 1.807) is 6.07 Å². The minimum atomic E-state index is -1.35. The van der Waals surface area contributed by atoms with Crippen LogP contribution in [0, 0.1) is 5.82 Å². The molecule has 208 valence electrons. The van der Waals surface area contributed by atoms with Crippen molar-refractivity contribution in [3.8, 4) is 11.1 Å². The van der Waals surface area contributed by atoms with Crippen molar-refractivity contribution < 1.29 is 9.50 Å². The zero-order chi connectivity index (χ0) is 29.1. The Kier molecular flexibility index (Phi) is 7.88. The van der Waals surface area contributed by atoms with Gasteiger partial charge in [-0.2, -0.15) is 0 Å². The van der Waals surface area contributed by atoms with Crippen molar-refractivity contribution in [2.24, 2.45) is 0 Å². The van der Waals surface area contributed by atoms with E-state index in [-0.39, 0.29) is 5.56 Å². The Labute approximate surface area is 254 Å². The molecule has 1 atom stereocenters. The summed E-state index contributed by atoms with van der Waals surface area (Å²) < 4.78 is 18.9. The summed E-state index contributed by atoms with van der Waals surface area (Å²) in [6, 6.07) is 43.6. The summed E-state index contributed by atoms with van der Waals surface area (Å²) in [5, 5.41) is 12.1. The Hall–Kier alpha value is -4.32. The van der Waals surface area contributed by atoms with Gasteiger partial charge in [0.1, 0.15) is 27.9 Å².